The Labute approximate surface area is 81.6 Å². The first kappa shape index (κ1) is 8.87. The molecule has 0 aliphatic rings. The number of benzene rings is 1. The molecule has 0 aliphatic heterocycles. The molecular formula is C10H12N2O2. The number of nitrogens with zero attached hydrogens (tertiary/aromatic N) is 2. The van der Waals surface area contributed by atoms with E-state index in [0.29, 0.717) is 23.3 Å². The third-order valence-electron chi connectivity index (χ3n) is 2.28. The highest BCUT2D eigenvalue weighted by molar-refractivity contribution is 5.71. The molecule has 0 saturated heterocycles. The van der Waals surface area contributed by atoms with Crippen LogP contribution >= 0.6 is 0 Å². The number of imidazole rings is 1. The number of aromatic nitrogens is 2. The summed E-state index contributed by atoms with van der Waals surface area (Å²) in [5.74, 6) is 0.397. The lowest BCUT2D eigenvalue weighted by Gasteiger charge is -2.00. The highest BCUT2D eigenvalue weighted by Gasteiger charge is 2.19. The molecule has 1 aromatic carbocycles. The van der Waals surface area contributed by atoms with Crippen LogP contribution in [0.2, 0.25) is 0 Å². The highest BCUT2D eigenvalue weighted by atomic mass is 16.5. The van der Waals surface area contributed by atoms with Crippen LogP contribution in [0.3, 0.4) is 0 Å². The Morgan fingerprint density at radius 3 is 2.79 bits per heavy atom. The van der Waals surface area contributed by atoms with Crippen LogP contribution in [0, 0.1) is 5.21 Å². The fraction of sp³-hybridized carbons (Fsp3) is 0.300. The molecule has 0 spiro atoms. The lowest BCUT2D eigenvalue weighted by molar-refractivity contribution is -0.589. The van der Waals surface area contributed by atoms with Gasteiger partial charge in [0.2, 0.25) is 5.52 Å². The van der Waals surface area contributed by atoms with Crippen molar-refractivity contribution < 1.29 is 9.94 Å². The van der Waals surface area contributed by atoms with E-state index >= 15 is 0 Å². The SMILES string of the molecule is CCCc1n(O)c2ccccc2[n+]1[O-]. The molecule has 1 aromatic heterocycles. The van der Waals surface area contributed by atoms with Crippen molar-refractivity contribution in [1.82, 2.24) is 4.73 Å². The maximum Gasteiger partial charge on any atom is 0.300 e. The third kappa shape index (κ3) is 1.11. The number of rotatable bonds is 2. The Kier molecular flexibility index (Phi) is 2.04. The minimum Gasteiger partial charge on any atom is -0.710 e. The van der Waals surface area contributed by atoms with Crippen molar-refractivity contribution in [2.45, 2.75) is 19.8 Å². The van der Waals surface area contributed by atoms with E-state index in [0.717, 1.165) is 15.9 Å². The lowest BCUT2D eigenvalue weighted by Crippen LogP contribution is -2.30. The minimum atomic E-state index is 0.397. The minimum absolute atomic E-state index is 0.397. The molecule has 2 aromatic rings. The van der Waals surface area contributed by atoms with Crippen LogP contribution < -0.4 is 4.73 Å². The highest BCUT2D eigenvalue weighted by Crippen LogP contribution is 2.12. The Morgan fingerprint density at radius 1 is 1.43 bits per heavy atom. The first-order valence-corrected chi connectivity index (χ1v) is 4.67. The smallest absolute Gasteiger partial charge is 0.300 e. The fourth-order valence-electron chi connectivity index (χ4n) is 1.61. The molecule has 2 rings (SSSR count). The molecule has 4 nitrogen and oxygen atoms in total. The van der Waals surface area contributed by atoms with Gasteiger partial charge in [0, 0.05) is 0 Å². The van der Waals surface area contributed by atoms with Gasteiger partial charge in [-0.2, -0.15) is 0 Å². The maximum atomic E-state index is 11.7. The second-order valence-corrected chi connectivity index (χ2v) is 3.26. The molecule has 14 heavy (non-hydrogen) atoms. The molecule has 0 saturated carbocycles. The van der Waals surface area contributed by atoms with Gasteiger partial charge in [0.1, 0.15) is 0 Å². The molecule has 0 bridgehead atoms. The van der Waals surface area contributed by atoms with E-state index in [1.54, 1.807) is 24.3 Å². The van der Waals surface area contributed by atoms with E-state index in [-0.39, 0.29) is 0 Å². The summed E-state index contributed by atoms with van der Waals surface area (Å²) in [6, 6.07) is 7.01. The summed E-state index contributed by atoms with van der Waals surface area (Å²) < 4.78 is 1.77. The van der Waals surface area contributed by atoms with Gasteiger partial charge in [-0.05, 0) is 23.3 Å². The molecular weight excluding hydrogens is 180 g/mol. The fourth-order valence-corrected chi connectivity index (χ4v) is 1.61. The van der Waals surface area contributed by atoms with Crippen molar-refractivity contribution in [3.8, 4) is 0 Å². The number of para-hydroxylation sites is 2. The largest absolute Gasteiger partial charge is 0.710 e. The number of hydrogen-bond donors (Lipinski definition) is 1. The van der Waals surface area contributed by atoms with Gasteiger partial charge in [0.15, 0.2) is 5.52 Å². The zero-order valence-corrected chi connectivity index (χ0v) is 7.97. The van der Waals surface area contributed by atoms with Crippen molar-refractivity contribution in [3.05, 3.63) is 35.3 Å². The van der Waals surface area contributed by atoms with E-state index in [9.17, 15) is 10.4 Å². The molecule has 1 N–H and O–H groups in total. The van der Waals surface area contributed by atoms with Gasteiger partial charge >= 0.3 is 0 Å². The van der Waals surface area contributed by atoms with Gasteiger partial charge in [-0.3, -0.25) is 0 Å². The molecule has 0 atom stereocenters. The summed E-state index contributed by atoms with van der Waals surface area (Å²) in [5.41, 5.74) is 1.07. The molecule has 1 heterocycles. The van der Waals surface area contributed by atoms with Gasteiger partial charge in [-0.15, -0.1) is 0 Å². The van der Waals surface area contributed by atoms with Gasteiger partial charge in [-0.1, -0.05) is 19.1 Å². The van der Waals surface area contributed by atoms with Crippen LogP contribution in [0.1, 0.15) is 19.2 Å². The van der Waals surface area contributed by atoms with Gasteiger partial charge in [-0.25, -0.2) is 4.73 Å². The normalized spacial score (nSPS) is 10.9. The van der Waals surface area contributed by atoms with Crippen LogP contribution in [0.4, 0.5) is 0 Å². The van der Waals surface area contributed by atoms with Crippen molar-refractivity contribution >= 4 is 11.0 Å². The van der Waals surface area contributed by atoms with Gasteiger partial charge in [0.05, 0.1) is 6.42 Å². The van der Waals surface area contributed by atoms with Crippen LogP contribution in [-0.4, -0.2) is 9.94 Å². The summed E-state index contributed by atoms with van der Waals surface area (Å²) in [6.45, 7) is 1.97. The summed E-state index contributed by atoms with van der Waals surface area (Å²) in [4.78, 5) is 0. The Hall–Kier alpha value is -1.71. The number of fused-ring (bicyclic) bond motifs is 1. The first-order valence-electron chi connectivity index (χ1n) is 4.67. The molecule has 74 valence electrons. The second kappa shape index (κ2) is 3.21. The van der Waals surface area contributed by atoms with E-state index in [2.05, 4.69) is 0 Å². The summed E-state index contributed by atoms with van der Waals surface area (Å²) >= 11 is 0. The predicted molar refractivity (Wildman–Crippen MR) is 52.1 cm³/mol. The predicted octanol–water partition coefficient (Wildman–Crippen LogP) is 1.46. The zero-order valence-electron chi connectivity index (χ0n) is 7.97. The maximum absolute atomic E-state index is 11.7. The third-order valence-corrected chi connectivity index (χ3v) is 2.28. The topological polar surface area (TPSA) is 52.1 Å². The van der Waals surface area contributed by atoms with Crippen LogP contribution in [-0.2, 0) is 6.42 Å². The van der Waals surface area contributed by atoms with Gasteiger partial charge in [0.25, 0.3) is 5.82 Å². The molecule has 0 amide bonds. The van der Waals surface area contributed by atoms with E-state index in [1.165, 1.54) is 0 Å². The van der Waals surface area contributed by atoms with Gasteiger partial charge < -0.3 is 10.4 Å². The summed E-state index contributed by atoms with van der Waals surface area (Å²) in [5, 5.41) is 21.4. The average molecular weight is 192 g/mol. The summed E-state index contributed by atoms with van der Waals surface area (Å²) in [6.07, 6.45) is 1.41. The van der Waals surface area contributed by atoms with Crippen LogP contribution in [0.15, 0.2) is 24.3 Å². The monoisotopic (exact) mass is 192 g/mol. The molecule has 4 heteroatoms. The Morgan fingerprint density at radius 2 is 2.14 bits per heavy atom. The lowest BCUT2D eigenvalue weighted by atomic mass is 10.3. The molecule has 0 fully saturated rings. The molecule has 0 aliphatic carbocycles. The van der Waals surface area contributed by atoms with Crippen molar-refractivity contribution in [2.24, 2.45) is 0 Å². The second-order valence-electron chi connectivity index (χ2n) is 3.26. The standard InChI is InChI=1S/C10H12N2O2/c1-2-5-10-11(13)8-6-3-4-7-9(8)12(10)14/h3-4,6-7,13H,2,5H2,1H3. The molecule has 0 unspecified atom stereocenters. The van der Waals surface area contributed by atoms with Crippen LogP contribution in [0.5, 0.6) is 0 Å². The Balaban J connectivity index is 2.72. The van der Waals surface area contributed by atoms with E-state index in [4.69, 9.17) is 0 Å². The summed E-state index contributed by atoms with van der Waals surface area (Å²) in [7, 11) is 0. The van der Waals surface area contributed by atoms with E-state index < -0.39 is 0 Å². The average Bonchev–Trinajstić information content (AvgIpc) is 2.45. The molecule has 0 radical (unpaired) electrons. The number of hydrogen-bond acceptors (Lipinski definition) is 2. The Bertz CT molecular complexity index is 423. The van der Waals surface area contributed by atoms with Crippen molar-refractivity contribution in [1.29, 1.82) is 0 Å². The van der Waals surface area contributed by atoms with Crippen molar-refractivity contribution in [3.63, 3.8) is 0 Å². The quantitative estimate of drug-likeness (QED) is 0.445. The van der Waals surface area contributed by atoms with E-state index in [1.807, 2.05) is 6.92 Å². The zero-order chi connectivity index (χ0) is 10.1. The van der Waals surface area contributed by atoms with Crippen LogP contribution in [0.25, 0.3) is 11.0 Å². The first-order chi connectivity index (χ1) is 6.75. The van der Waals surface area contributed by atoms with Crippen molar-refractivity contribution in [2.75, 3.05) is 0 Å².